The first kappa shape index (κ1) is 12.9. The molecular weight excluding hydrogens is 268 g/mol. The van der Waals surface area contributed by atoms with Crippen LogP contribution < -0.4 is 0 Å². The van der Waals surface area contributed by atoms with E-state index in [1.54, 1.807) is 6.07 Å². The Balaban J connectivity index is 2.28. The van der Waals surface area contributed by atoms with Crippen molar-refractivity contribution < 1.29 is 9.90 Å². The van der Waals surface area contributed by atoms with Crippen LogP contribution in [-0.2, 0) is 6.42 Å². The minimum Gasteiger partial charge on any atom is -0.477 e. The highest BCUT2D eigenvalue weighted by Crippen LogP contribution is 2.35. The average molecular weight is 282 g/mol. The zero-order chi connectivity index (χ0) is 14.1. The lowest BCUT2D eigenvalue weighted by Gasteiger charge is -2.09. The van der Waals surface area contributed by atoms with Gasteiger partial charge in [-0.1, -0.05) is 43.3 Å². The van der Waals surface area contributed by atoms with Gasteiger partial charge in [0.05, 0.1) is 0 Å². The van der Waals surface area contributed by atoms with E-state index in [1.807, 2.05) is 24.3 Å². The Bertz CT molecular complexity index is 787. The Morgan fingerprint density at radius 3 is 2.60 bits per heavy atom. The molecule has 1 N–H and O–H groups in total. The van der Waals surface area contributed by atoms with Gasteiger partial charge >= 0.3 is 5.97 Å². The van der Waals surface area contributed by atoms with Crippen LogP contribution in [0, 0.1) is 0 Å². The molecule has 0 aliphatic heterocycles. The number of fused-ring (bicyclic) bond motifs is 1. The van der Waals surface area contributed by atoms with Crippen LogP contribution >= 0.6 is 11.3 Å². The number of thiophene rings is 1. The normalized spacial score (nSPS) is 10.8. The predicted octanol–water partition coefficient (Wildman–Crippen LogP) is 4.83. The second-order valence-corrected chi connectivity index (χ2v) is 5.73. The molecule has 0 spiro atoms. The maximum absolute atomic E-state index is 11.2. The molecule has 2 aromatic carbocycles. The van der Waals surface area contributed by atoms with Crippen LogP contribution in [-0.4, -0.2) is 11.1 Å². The van der Waals surface area contributed by atoms with Gasteiger partial charge in [0.25, 0.3) is 0 Å². The Hall–Kier alpha value is -2.13. The molecule has 0 saturated carbocycles. The number of rotatable bonds is 3. The van der Waals surface area contributed by atoms with E-state index in [-0.39, 0.29) is 0 Å². The Morgan fingerprint density at radius 1 is 1.10 bits per heavy atom. The van der Waals surface area contributed by atoms with E-state index in [9.17, 15) is 4.79 Å². The van der Waals surface area contributed by atoms with Gasteiger partial charge in [0.2, 0.25) is 0 Å². The van der Waals surface area contributed by atoms with Gasteiger partial charge < -0.3 is 5.11 Å². The van der Waals surface area contributed by atoms with Crippen molar-refractivity contribution in [1.82, 2.24) is 0 Å². The van der Waals surface area contributed by atoms with Gasteiger partial charge in [0.1, 0.15) is 4.88 Å². The topological polar surface area (TPSA) is 37.3 Å². The molecule has 0 bridgehead atoms. The minimum absolute atomic E-state index is 0.390. The quantitative estimate of drug-likeness (QED) is 0.747. The van der Waals surface area contributed by atoms with Gasteiger partial charge in [0.15, 0.2) is 0 Å². The largest absolute Gasteiger partial charge is 0.477 e. The highest BCUT2D eigenvalue weighted by molar-refractivity contribution is 7.20. The highest BCUT2D eigenvalue weighted by atomic mass is 32.1. The maximum atomic E-state index is 11.2. The maximum Gasteiger partial charge on any atom is 0.345 e. The molecule has 0 radical (unpaired) electrons. The Kier molecular flexibility index (Phi) is 3.28. The summed E-state index contributed by atoms with van der Waals surface area (Å²) in [5.41, 5.74) is 3.59. The molecular formula is C17H14O2S. The molecule has 0 amide bonds. The summed E-state index contributed by atoms with van der Waals surface area (Å²) in [5, 5.41) is 10.2. The van der Waals surface area contributed by atoms with Gasteiger partial charge in [-0.25, -0.2) is 4.79 Å². The molecule has 0 aliphatic carbocycles. The van der Waals surface area contributed by atoms with Crippen molar-refractivity contribution in [2.45, 2.75) is 13.3 Å². The van der Waals surface area contributed by atoms with E-state index in [2.05, 4.69) is 25.1 Å². The summed E-state index contributed by atoms with van der Waals surface area (Å²) < 4.78 is 1.02. The Labute approximate surface area is 121 Å². The van der Waals surface area contributed by atoms with Crippen molar-refractivity contribution in [3.63, 3.8) is 0 Å². The molecule has 3 heteroatoms. The van der Waals surface area contributed by atoms with E-state index < -0.39 is 5.97 Å². The van der Waals surface area contributed by atoms with E-state index in [1.165, 1.54) is 22.5 Å². The Morgan fingerprint density at radius 2 is 1.85 bits per heavy atom. The fourth-order valence-electron chi connectivity index (χ4n) is 2.49. The first-order valence-electron chi connectivity index (χ1n) is 6.55. The molecule has 0 unspecified atom stereocenters. The predicted molar refractivity (Wildman–Crippen MR) is 83.6 cm³/mol. The zero-order valence-electron chi connectivity index (χ0n) is 11.1. The highest BCUT2D eigenvalue weighted by Gasteiger charge is 2.13. The van der Waals surface area contributed by atoms with Crippen LogP contribution in [0.2, 0.25) is 0 Å². The summed E-state index contributed by atoms with van der Waals surface area (Å²) >= 11 is 1.33. The third kappa shape index (κ3) is 2.10. The number of carboxylic acid groups (broad SMARTS) is 1. The molecule has 100 valence electrons. The lowest BCUT2D eigenvalue weighted by molar-refractivity contribution is 0.0702. The van der Waals surface area contributed by atoms with E-state index in [0.717, 1.165) is 22.1 Å². The minimum atomic E-state index is -0.860. The molecule has 0 aliphatic rings. The fourth-order valence-corrected chi connectivity index (χ4v) is 3.42. The molecule has 20 heavy (non-hydrogen) atoms. The third-order valence-corrected chi connectivity index (χ3v) is 4.55. The van der Waals surface area contributed by atoms with Crippen molar-refractivity contribution in [3.05, 3.63) is 59.0 Å². The van der Waals surface area contributed by atoms with E-state index >= 15 is 0 Å². The van der Waals surface area contributed by atoms with Crippen LogP contribution in [0.5, 0.6) is 0 Å². The van der Waals surface area contributed by atoms with Gasteiger partial charge in [-0.15, -0.1) is 11.3 Å². The molecule has 3 aromatic rings. The van der Waals surface area contributed by atoms with Gasteiger partial charge in [-0.05, 0) is 35.2 Å². The lowest BCUT2D eigenvalue weighted by atomic mass is 9.96. The molecule has 0 fully saturated rings. The summed E-state index contributed by atoms with van der Waals surface area (Å²) in [6.45, 7) is 2.13. The number of benzene rings is 2. The lowest BCUT2D eigenvalue weighted by Crippen LogP contribution is -1.90. The van der Waals surface area contributed by atoms with Crippen LogP contribution in [0.1, 0.15) is 22.2 Å². The second-order valence-electron chi connectivity index (χ2n) is 4.64. The van der Waals surface area contributed by atoms with Crippen LogP contribution in [0.25, 0.3) is 21.2 Å². The number of hydrogen-bond acceptors (Lipinski definition) is 2. The van der Waals surface area contributed by atoms with E-state index in [4.69, 9.17) is 5.11 Å². The van der Waals surface area contributed by atoms with Crippen molar-refractivity contribution in [3.8, 4) is 11.1 Å². The molecule has 3 rings (SSSR count). The summed E-state index contributed by atoms with van der Waals surface area (Å²) in [4.78, 5) is 11.5. The second kappa shape index (κ2) is 5.10. The number of carboxylic acids is 1. The molecule has 0 saturated heterocycles. The van der Waals surface area contributed by atoms with Crippen molar-refractivity contribution in [1.29, 1.82) is 0 Å². The monoisotopic (exact) mass is 282 g/mol. The van der Waals surface area contributed by atoms with Crippen molar-refractivity contribution >= 4 is 27.4 Å². The third-order valence-electron chi connectivity index (χ3n) is 3.46. The summed E-state index contributed by atoms with van der Waals surface area (Å²) in [7, 11) is 0. The number of carbonyl (C=O) groups is 1. The molecule has 1 heterocycles. The van der Waals surface area contributed by atoms with Crippen molar-refractivity contribution in [2.75, 3.05) is 0 Å². The first-order chi connectivity index (χ1) is 9.70. The molecule has 1 aromatic heterocycles. The zero-order valence-corrected chi connectivity index (χ0v) is 11.9. The molecule has 2 nitrogen and oxygen atoms in total. The summed E-state index contributed by atoms with van der Waals surface area (Å²) in [6.07, 6.45) is 0.961. The summed E-state index contributed by atoms with van der Waals surface area (Å²) in [6, 6.07) is 16.1. The summed E-state index contributed by atoms with van der Waals surface area (Å²) in [5.74, 6) is -0.860. The van der Waals surface area contributed by atoms with E-state index in [0.29, 0.717) is 4.88 Å². The number of hydrogen-bond donors (Lipinski definition) is 1. The first-order valence-corrected chi connectivity index (χ1v) is 7.36. The average Bonchev–Trinajstić information content (AvgIpc) is 2.91. The fraction of sp³-hybridized carbons (Fsp3) is 0.118. The van der Waals surface area contributed by atoms with Crippen LogP contribution in [0.15, 0.2) is 48.5 Å². The SMILES string of the molecule is CCc1ccccc1-c1cccc2sc(C(=O)O)cc12. The number of aromatic carboxylic acids is 1. The van der Waals surface area contributed by atoms with Gasteiger partial charge in [0, 0.05) is 10.1 Å². The van der Waals surface area contributed by atoms with Crippen molar-refractivity contribution in [2.24, 2.45) is 0 Å². The standard InChI is InChI=1S/C17H14O2S/c1-2-11-6-3-4-7-12(11)13-8-5-9-15-14(13)10-16(20-15)17(18)19/h3-10H,2H2,1H3,(H,18,19). The van der Waals surface area contributed by atoms with Gasteiger partial charge in [-0.3, -0.25) is 0 Å². The number of aryl methyl sites for hydroxylation is 1. The van der Waals surface area contributed by atoms with Crippen LogP contribution in [0.4, 0.5) is 0 Å². The van der Waals surface area contributed by atoms with Crippen LogP contribution in [0.3, 0.4) is 0 Å². The smallest absolute Gasteiger partial charge is 0.345 e. The van der Waals surface area contributed by atoms with Gasteiger partial charge in [-0.2, -0.15) is 0 Å². The molecule has 0 atom stereocenters.